The number of hydrogen-bond acceptors (Lipinski definition) is 4. The number of aliphatic hydroxyl groups is 1. The van der Waals surface area contributed by atoms with Crippen LogP contribution in [-0.2, 0) is 9.53 Å². The zero-order valence-electron chi connectivity index (χ0n) is 8.95. The average Bonchev–Trinajstić information content (AvgIpc) is 2.66. The van der Waals surface area contributed by atoms with E-state index in [0.29, 0.717) is 13.0 Å². The molecule has 86 valence electrons. The lowest BCUT2D eigenvalue weighted by Gasteiger charge is -2.23. The highest BCUT2D eigenvalue weighted by atomic mass is 16.5. The molecule has 1 aliphatic carbocycles. The second kappa shape index (κ2) is 4.94. The molecule has 2 fully saturated rings. The number of ether oxygens (including phenoxy) is 1. The minimum absolute atomic E-state index is 0.116. The summed E-state index contributed by atoms with van der Waals surface area (Å²) in [6.45, 7) is 0.504. The lowest BCUT2D eigenvalue weighted by atomic mass is 9.98. The molecule has 0 radical (unpaired) electrons. The Morgan fingerprint density at radius 3 is 2.60 bits per heavy atom. The van der Waals surface area contributed by atoms with Gasteiger partial charge >= 0.3 is 5.97 Å². The molecule has 15 heavy (non-hydrogen) atoms. The molecule has 1 heterocycles. The fourth-order valence-corrected chi connectivity index (χ4v) is 2.33. The van der Waals surface area contributed by atoms with Gasteiger partial charge in [-0.25, -0.2) is 0 Å². The number of carbonyl (C=O) groups is 1. The van der Waals surface area contributed by atoms with Crippen molar-refractivity contribution in [2.45, 2.75) is 56.8 Å². The van der Waals surface area contributed by atoms with Gasteiger partial charge in [0.15, 0.2) is 0 Å². The van der Waals surface area contributed by atoms with E-state index >= 15 is 0 Å². The summed E-state index contributed by atoms with van der Waals surface area (Å²) >= 11 is 0. The summed E-state index contributed by atoms with van der Waals surface area (Å²) in [7, 11) is 0. The third-order valence-electron chi connectivity index (χ3n) is 3.23. The summed E-state index contributed by atoms with van der Waals surface area (Å²) in [5.41, 5.74) is 0. The van der Waals surface area contributed by atoms with E-state index in [0.717, 1.165) is 12.8 Å². The Labute approximate surface area is 90.0 Å². The van der Waals surface area contributed by atoms with E-state index in [9.17, 15) is 9.90 Å². The molecule has 0 aromatic heterocycles. The van der Waals surface area contributed by atoms with Gasteiger partial charge in [-0.05, 0) is 25.7 Å². The Morgan fingerprint density at radius 1 is 1.27 bits per heavy atom. The normalized spacial score (nSPS) is 32.9. The van der Waals surface area contributed by atoms with Crippen LogP contribution in [0.3, 0.4) is 0 Å². The average molecular weight is 213 g/mol. The van der Waals surface area contributed by atoms with Crippen LogP contribution in [0, 0.1) is 0 Å². The number of esters is 1. The molecule has 4 heteroatoms. The van der Waals surface area contributed by atoms with Gasteiger partial charge in [-0.2, -0.15) is 0 Å². The first-order chi connectivity index (χ1) is 7.25. The summed E-state index contributed by atoms with van der Waals surface area (Å²) in [5, 5.41) is 12.3. The first-order valence-corrected chi connectivity index (χ1v) is 5.87. The highest BCUT2D eigenvalue weighted by molar-refractivity contribution is 5.76. The van der Waals surface area contributed by atoms with Crippen molar-refractivity contribution in [2.24, 2.45) is 0 Å². The molecule has 0 spiro atoms. The largest absolute Gasteiger partial charge is 0.461 e. The molecular weight excluding hydrogens is 194 g/mol. The van der Waals surface area contributed by atoms with E-state index < -0.39 is 6.10 Å². The minimum atomic E-state index is -0.395. The molecule has 0 amide bonds. The Morgan fingerprint density at radius 2 is 2.00 bits per heavy atom. The third-order valence-corrected chi connectivity index (χ3v) is 3.23. The van der Waals surface area contributed by atoms with Crippen LogP contribution in [0.2, 0.25) is 0 Å². The fourth-order valence-electron chi connectivity index (χ4n) is 2.33. The van der Waals surface area contributed by atoms with Gasteiger partial charge in [0.05, 0.1) is 6.10 Å². The fraction of sp³-hybridized carbons (Fsp3) is 0.909. The van der Waals surface area contributed by atoms with Gasteiger partial charge in [0.1, 0.15) is 12.1 Å². The minimum Gasteiger partial charge on any atom is -0.461 e. The van der Waals surface area contributed by atoms with Crippen molar-refractivity contribution in [2.75, 3.05) is 6.54 Å². The van der Waals surface area contributed by atoms with Gasteiger partial charge < -0.3 is 15.2 Å². The van der Waals surface area contributed by atoms with Crippen LogP contribution in [0.25, 0.3) is 0 Å². The van der Waals surface area contributed by atoms with Crippen LogP contribution in [0.15, 0.2) is 0 Å². The lowest BCUT2D eigenvalue weighted by molar-refractivity contribution is -0.152. The second-order valence-corrected chi connectivity index (χ2v) is 4.55. The van der Waals surface area contributed by atoms with Crippen molar-refractivity contribution in [1.82, 2.24) is 5.32 Å². The summed E-state index contributed by atoms with van der Waals surface area (Å²) in [4.78, 5) is 11.7. The first kappa shape index (κ1) is 10.9. The number of β-amino-alcohol motifs (C(OH)–C–C–N with tert-alkyl or cyclic N) is 1. The van der Waals surface area contributed by atoms with E-state index in [4.69, 9.17) is 4.74 Å². The monoisotopic (exact) mass is 213 g/mol. The van der Waals surface area contributed by atoms with Crippen molar-refractivity contribution in [3.63, 3.8) is 0 Å². The molecule has 2 rings (SSSR count). The molecule has 0 unspecified atom stereocenters. The number of aliphatic hydroxyl groups excluding tert-OH is 1. The molecule has 0 aromatic rings. The summed E-state index contributed by atoms with van der Waals surface area (Å²) in [5.74, 6) is -0.182. The van der Waals surface area contributed by atoms with Gasteiger partial charge in [-0.3, -0.25) is 4.79 Å². The van der Waals surface area contributed by atoms with Gasteiger partial charge in [-0.1, -0.05) is 6.42 Å². The number of carbonyl (C=O) groups excluding carboxylic acids is 1. The van der Waals surface area contributed by atoms with Crippen molar-refractivity contribution in [3.05, 3.63) is 0 Å². The molecule has 4 nitrogen and oxygen atoms in total. The zero-order valence-corrected chi connectivity index (χ0v) is 8.95. The predicted octanol–water partition coefficient (Wildman–Crippen LogP) is 0.585. The maximum atomic E-state index is 11.7. The van der Waals surface area contributed by atoms with Crippen LogP contribution in [0.4, 0.5) is 0 Å². The molecule has 1 aliphatic heterocycles. The van der Waals surface area contributed by atoms with Crippen LogP contribution < -0.4 is 5.32 Å². The first-order valence-electron chi connectivity index (χ1n) is 5.87. The van der Waals surface area contributed by atoms with Crippen molar-refractivity contribution in [1.29, 1.82) is 0 Å². The second-order valence-electron chi connectivity index (χ2n) is 4.55. The third kappa shape index (κ3) is 2.92. The van der Waals surface area contributed by atoms with E-state index in [1.807, 2.05) is 0 Å². The summed E-state index contributed by atoms with van der Waals surface area (Å²) < 4.78 is 5.41. The van der Waals surface area contributed by atoms with Crippen LogP contribution >= 0.6 is 0 Å². The Hall–Kier alpha value is -0.610. The zero-order chi connectivity index (χ0) is 10.7. The van der Waals surface area contributed by atoms with Gasteiger partial charge in [-0.15, -0.1) is 0 Å². The molecule has 2 aliphatic rings. The smallest absolute Gasteiger partial charge is 0.323 e. The van der Waals surface area contributed by atoms with Gasteiger partial charge in [0.2, 0.25) is 0 Å². The predicted molar refractivity (Wildman–Crippen MR) is 55.4 cm³/mol. The number of hydrogen-bond donors (Lipinski definition) is 2. The molecular formula is C11H19NO3. The topological polar surface area (TPSA) is 58.6 Å². The molecule has 2 N–H and O–H groups in total. The highest BCUT2D eigenvalue weighted by Gasteiger charge is 2.31. The van der Waals surface area contributed by atoms with Crippen molar-refractivity contribution >= 4 is 5.97 Å². The van der Waals surface area contributed by atoms with Gasteiger partial charge in [0, 0.05) is 13.0 Å². The molecule has 1 saturated carbocycles. The van der Waals surface area contributed by atoms with Crippen molar-refractivity contribution in [3.8, 4) is 0 Å². The SMILES string of the molecule is O=C(OC1CCCCC1)[C@@H]1C[C@@H](O)CN1. The maximum Gasteiger partial charge on any atom is 0.323 e. The summed E-state index contributed by atoms with van der Waals surface area (Å²) in [6, 6.07) is -0.290. The van der Waals surface area contributed by atoms with E-state index in [1.165, 1.54) is 19.3 Å². The molecule has 0 bridgehead atoms. The molecule has 0 aromatic carbocycles. The number of nitrogens with one attached hydrogen (secondary N) is 1. The van der Waals surface area contributed by atoms with Crippen molar-refractivity contribution < 1.29 is 14.6 Å². The van der Waals surface area contributed by atoms with E-state index in [-0.39, 0.29) is 18.1 Å². The Kier molecular flexibility index (Phi) is 3.59. The van der Waals surface area contributed by atoms with Crippen LogP contribution in [0.5, 0.6) is 0 Å². The maximum absolute atomic E-state index is 11.7. The van der Waals surface area contributed by atoms with Crippen LogP contribution in [-0.4, -0.2) is 35.9 Å². The van der Waals surface area contributed by atoms with E-state index in [1.54, 1.807) is 0 Å². The number of rotatable bonds is 2. The standard InChI is InChI=1S/C11H19NO3/c13-8-6-10(12-7-8)11(14)15-9-4-2-1-3-5-9/h8-10,12-13H,1-7H2/t8-,10+/m1/s1. The molecule has 2 atom stereocenters. The lowest BCUT2D eigenvalue weighted by Crippen LogP contribution is -2.35. The van der Waals surface area contributed by atoms with Crippen LogP contribution in [0.1, 0.15) is 38.5 Å². The van der Waals surface area contributed by atoms with Gasteiger partial charge in [0.25, 0.3) is 0 Å². The van der Waals surface area contributed by atoms with E-state index in [2.05, 4.69) is 5.32 Å². The molecule has 1 saturated heterocycles. The Balaban J connectivity index is 1.76. The highest BCUT2D eigenvalue weighted by Crippen LogP contribution is 2.21. The quantitative estimate of drug-likeness (QED) is 0.659. The summed E-state index contributed by atoms with van der Waals surface area (Å²) in [6.07, 6.45) is 5.80. The Bertz CT molecular complexity index is 226.